The molecule has 0 unspecified atom stereocenters. The number of methoxy groups -OCH3 is 1. The molecule has 2 aromatic rings. The maximum absolute atomic E-state index is 12.2. The van der Waals surface area contributed by atoms with Crippen molar-refractivity contribution in [3.05, 3.63) is 59.7 Å². The van der Waals surface area contributed by atoms with Gasteiger partial charge in [0.1, 0.15) is 6.61 Å². The van der Waals surface area contributed by atoms with Crippen LogP contribution in [0.3, 0.4) is 0 Å². The topological polar surface area (TPSA) is 93.7 Å². The summed E-state index contributed by atoms with van der Waals surface area (Å²) in [5.74, 6) is 0.0617. The van der Waals surface area contributed by atoms with Crippen molar-refractivity contribution in [3.63, 3.8) is 0 Å². The molecule has 0 bridgehead atoms. The van der Waals surface area contributed by atoms with Crippen LogP contribution in [-0.2, 0) is 33.2 Å². The second-order valence-corrected chi connectivity index (χ2v) is 8.66. The van der Waals surface area contributed by atoms with Crippen LogP contribution in [0.4, 0.5) is 4.79 Å². The van der Waals surface area contributed by atoms with Gasteiger partial charge >= 0.3 is 6.09 Å². The minimum absolute atomic E-state index is 0.0617. The third-order valence-corrected chi connectivity index (χ3v) is 6.00. The van der Waals surface area contributed by atoms with E-state index >= 15 is 0 Å². The third-order valence-electron chi connectivity index (χ3n) is 6.00. The van der Waals surface area contributed by atoms with Crippen molar-refractivity contribution in [3.8, 4) is 11.1 Å². The van der Waals surface area contributed by atoms with Gasteiger partial charge in [-0.2, -0.15) is 0 Å². The normalized spacial score (nSPS) is 12.3. The quantitative estimate of drug-likeness (QED) is 0.244. The molecule has 3 rings (SSSR count). The van der Waals surface area contributed by atoms with Gasteiger partial charge in [-0.25, -0.2) is 4.79 Å². The molecule has 0 atom stereocenters. The van der Waals surface area contributed by atoms with E-state index in [-0.39, 0.29) is 5.92 Å². The highest BCUT2D eigenvalue weighted by Gasteiger charge is 2.28. The van der Waals surface area contributed by atoms with Crippen LogP contribution >= 0.6 is 0 Å². The largest absolute Gasteiger partial charge is 0.449 e. The van der Waals surface area contributed by atoms with Gasteiger partial charge in [0.2, 0.25) is 0 Å². The van der Waals surface area contributed by atoms with Crippen LogP contribution in [0.15, 0.2) is 48.5 Å². The van der Waals surface area contributed by atoms with Crippen LogP contribution in [0.1, 0.15) is 23.5 Å². The molecule has 9 heteroatoms. The lowest BCUT2D eigenvalue weighted by Crippen LogP contribution is -2.27. The second kappa shape index (κ2) is 18.7. The van der Waals surface area contributed by atoms with E-state index in [2.05, 4.69) is 29.6 Å². The zero-order valence-corrected chi connectivity index (χ0v) is 22.4. The number of benzene rings is 2. The lowest BCUT2D eigenvalue weighted by atomic mass is 9.98. The average molecular weight is 532 g/mol. The molecule has 0 fully saturated rings. The Hall–Kier alpha value is -2.53. The number of carbonyl (C=O) groups excluding carboxylic acids is 1. The highest BCUT2D eigenvalue weighted by atomic mass is 16.6. The molecule has 1 aliphatic rings. The Labute approximate surface area is 225 Å². The highest BCUT2D eigenvalue weighted by Crippen LogP contribution is 2.44. The number of hydrogen-bond acceptors (Lipinski definition) is 8. The number of nitrogens with one attached hydrogen (secondary N) is 1. The van der Waals surface area contributed by atoms with Crippen LogP contribution in [0.25, 0.3) is 11.1 Å². The minimum atomic E-state index is -0.406. The van der Waals surface area contributed by atoms with Crippen LogP contribution in [0.2, 0.25) is 0 Å². The van der Waals surface area contributed by atoms with Crippen molar-refractivity contribution < 1.29 is 38.0 Å². The molecular formula is C29H41NO8. The first-order chi connectivity index (χ1) is 18.8. The lowest BCUT2D eigenvalue weighted by molar-refractivity contribution is -0.0147. The Morgan fingerprint density at radius 3 is 1.61 bits per heavy atom. The van der Waals surface area contributed by atoms with Gasteiger partial charge in [-0.15, -0.1) is 0 Å². The summed E-state index contributed by atoms with van der Waals surface area (Å²) in [5, 5.41) is 2.80. The first kappa shape index (κ1) is 30.0. The van der Waals surface area contributed by atoms with Crippen LogP contribution < -0.4 is 5.32 Å². The summed E-state index contributed by atoms with van der Waals surface area (Å²) in [6.45, 7) is 6.68. The van der Waals surface area contributed by atoms with E-state index < -0.39 is 6.09 Å². The van der Waals surface area contributed by atoms with Gasteiger partial charge in [0.15, 0.2) is 0 Å². The SMILES string of the molecule is COCCOCCOCCOCCOCCOCCCNC(=O)OCC1c2ccccc2-c2ccccc21. The molecule has 0 heterocycles. The third kappa shape index (κ3) is 10.7. The molecule has 0 saturated heterocycles. The van der Waals surface area contributed by atoms with Crippen molar-refractivity contribution in [1.29, 1.82) is 0 Å². The highest BCUT2D eigenvalue weighted by molar-refractivity contribution is 5.79. The molecule has 1 N–H and O–H groups in total. The van der Waals surface area contributed by atoms with Crippen molar-refractivity contribution in [2.45, 2.75) is 12.3 Å². The number of fused-ring (bicyclic) bond motifs is 3. The predicted molar refractivity (Wildman–Crippen MR) is 144 cm³/mol. The van der Waals surface area contributed by atoms with Crippen molar-refractivity contribution in [2.75, 3.05) is 92.9 Å². The standard InChI is InChI=1S/C29H41NO8/c1-32-13-14-34-17-18-36-21-22-37-20-19-35-16-15-33-12-6-11-30-29(31)38-23-28-26-9-4-2-7-24(26)25-8-3-5-10-27(25)28/h2-5,7-10,28H,6,11-23H2,1H3,(H,30,31). The van der Waals surface area contributed by atoms with E-state index in [1.165, 1.54) is 22.3 Å². The molecule has 1 aliphatic carbocycles. The van der Waals surface area contributed by atoms with Gasteiger partial charge in [-0.1, -0.05) is 48.5 Å². The van der Waals surface area contributed by atoms with Gasteiger partial charge in [-0.3, -0.25) is 0 Å². The van der Waals surface area contributed by atoms with E-state index in [1.807, 2.05) is 24.3 Å². The van der Waals surface area contributed by atoms with E-state index in [0.717, 1.165) is 0 Å². The Kier molecular flexibility index (Phi) is 14.8. The number of amides is 1. The van der Waals surface area contributed by atoms with Crippen LogP contribution in [0.5, 0.6) is 0 Å². The van der Waals surface area contributed by atoms with Gasteiger partial charge in [0.25, 0.3) is 0 Å². The smallest absolute Gasteiger partial charge is 0.407 e. The van der Waals surface area contributed by atoms with E-state index in [1.54, 1.807) is 7.11 Å². The first-order valence-electron chi connectivity index (χ1n) is 13.3. The number of rotatable bonds is 21. The fourth-order valence-corrected chi connectivity index (χ4v) is 4.14. The lowest BCUT2D eigenvalue weighted by Gasteiger charge is -2.14. The van der Waals surface area contributed by atoms with Crippen molar-refractivity contribution >= 4 is 6.09 Å². The predicted octanol–water partition coefficient (Wildman–Crippen LogP) is 3.64. The zero-order chi connectivity index (χ0) is 26.7. The second-order valence-electron chi connectivity index (χ2n) is 8.66. The molecule has 9 nitrogen and oxygen atoms in total. The molecule has 0 aromatic heterocycles. The molecule has 0 saturated carbocycles. The maximum atomic E-state index is 12.2. The van der Waals surface area contributed by atoms with Crippen LogP contribution in [0, 0.1) is 0 Å². The number of ether oxygens (including phenoxy) is 7. The molecule has 2 aromatic carbocycles. The summed E-state index contributed by atoms with van der Waals surface area (Å²) in [4.78, 5) is 12.2. The summed E-state index contributed by atoms with van der Waals surface area (Å²) >= 11 is 0. The zero-order valence-electron chi connectivity index (χ0n) is 22.4. The van der Waals surface area contributed by atoms with E-state index in [0.29, 0.717) is 92.2 Å². The first-order valence-corrected chi connectivity index (χ1v) is 13.3. The Balaban J connectivity index is 1.10. The maximum Gasteiger partial charge on any atom is 0.407 e. The fraction of sp³-hybridized carbons (Fsp3) is 0.552. The Morgan fingerprint density at radius 2 is 1.11 bits per heavy atom. The molecule has 0 radical (unpaired) electrons. The van der Waals surface area contributed by atoms with E-state index in [9.17, 15) is 4.79 Å². The Bertz CT molecular complexity index is 879. The summed E-state index contributed by atoms with van der Waals surface area (Å²) in [5.41, 5.74) is 4.83. The van der Waals surface area contributed by atoms with Gasteiger partial charge in [0, 0.05) is 26.2 Å². The van der Waals surface area contributed by atoms with Crippen molar-refractivity contribution in [1.82, 2.24) is 5.32 Å². The molecule has 1 amide bonds. The fourth-order valence-electron chi connectivity index (χ4n) is 4.14. The van der Waals surface area contributed by atoms with Gasteiger partial charge < -0.3 is 38.5 Å². The van der Waals surface area contributed by atoms with Gasteiger partial charge in [0.05, 0.1) is 66.1 Å². The van der Waals surface area contributed by atoms with Crippen LogP contribution in [-0.4, -0.2) is 99.0 Å². The number of alkyl carbamates (subject to hydrolysis) is 1. The average Bonchev–Trinajstić information content (AvgIpc) is 3.27. The minimum Gasteiger partial charge on any atom is -0.449 e. The Morgan fingerprint density at radius 1 is 0.658 bits per heavy atom. The molecule has 0 spiro atoms. The molecular weight excluding hydrogens is 490 g/mol. The summed E-state index contributed by atoms with van der Waals surface area (Å²) in [6, 6.07) is 16.6. The van der Waals surface area contributed by atoms with Gasteiger partial charge in [-0.05, 0) is 28.7 Å². The van der Waals surface area contributed by atoms with Crippen molar-refractivity contribution in [2.24, 2.45) is 0 Å². The number of hydrogen-bond donors (Lipinski definition) is 1. The molecule has 210 valence electrons. The summed E-state index contributed by atoms with van der Waals surface area (Å²) in [7, 11) is 1.64. The summed E-state index contributed by atoms with van der Waals surface area (Å²) in [6.07, 6.45) is 0.293. The monoisotopic (exact) mass is 531 g/mol. The number of carbonyl (C=O) groups is 1. The molecule has 0 aliphatic heterocycles. The summed E-state index contributed by atoms with van der Waals surface area (Å²) < 4.78 is 37.6. The molecule has 38 heavy (non-hydrogen) atoms. The van der Waals surface area contributed by atoms with E-state index in [4.69, 9.17) is 33.2 Å².